The lowest BCUT2D eigenvalue weighted by Crippen LogP contribution is -2.31. The molecule has 2 heterocycles. The van der Waals surface area contributed by atoms with Crippen molar-refractivity contribution in [3.63, 3.8) is 0 Å². The summed E-state index contributed by atoms with van der Waals surface area (Å²) >= 11 is 1.15. The number of rotatable bonds is 6. The second-order valence-corrected chi connectivity index (χ2v) is 7.49. The molecular formula is C19H20N2O5S. The lowest BCUT2D eigenvalue weighted by Gasteiger charge is -2.26. The van der Waals surface area contributed by atoms with Crippen LogP contribution in [-0.4, -0.2) is 46.0 Å². The van der Waals surface area contributed by atoms with Gasteiger partial charge in [-0.2, -0.15) is 0 Å². The molecule has 2 aromatic rings. The molecule has 0 radical (unpaired) electrons. The number of amides is 1. The number of nitrogens with zero attached hydrogens (tertiary/aromatic N) is 1. The van der Waals surface area contributed by atoms with Crippen molar-refractivity contribution in [1.82, 2.24) is 4.90 Å². The van der Waals surface area contributed by atoms with Crippen molar-refractivity contribution < 1.29 is 24.6 Å². The van der Waals surface area contributed by atoms with E-state index in [0.29, 0.717) is 18.5 Å². The Kier molecular flexibility index (Phi) is 5.88. The van der Waals surface area contributed by atoms with Crippen LogP contribution in [0.4, 0.5) is 5.00 Å². The highest BCUT2D eigenvalue weighted by Crippen LogP contribution is 2.37. The zero-order chi connectivity index (χ0) is 19.4. The third-order valence-electron chi connectivity index (χ3n) is 4.55. The highest BCUT2D eigenvalue weighted by Gasteiger charge is 2.29. The summed E-state index contributed by atoms with van der Waals surface area (Å²) in [5, 5.41) is 20.5. The number of hydrogen-bond acceptors (Lipinski definition) is 5. The van der Waals surface area contributed by atoms with E-state index in [1.165, 1.54) is 5.56 Å². The SMILES string of the molecule is O=C(O)C(=O)Nc1sc2c(c1C(=O)O)CCN(CCCc1ccccc1)C2. The minimum atomic E-state index is -1.64. The Morgan fingerprint density at radius 3 is 2.56 bits per heavy atom. The fourth-order valence-electron chi connectivity index (χ4n) is 3.27. The summed E-state index contributed by atoms with van der Waals surface area (Å²) in [5.74, 6) is -4.01. The van der Waals surface area contributed by atoms with Gasteiger partial charge in [0.25, 0.3) is 0 Å². The molecule has 0 atom stereocenters. The number of benzene rings is 1. The number of anilines is 1. The summed E-state index contributed by atoms with van der Waals surface area (Å²) in [4.78, 5) is 36.9. The van der Waals surface area contributed by atoms with Crippen LogP contribution in [0.25, 0.3) is 0 Å². The second kappa shape index (κ2) is 8.32. The number of aliphatic carboxylic acids is 1. The number of carbonyl (C=O) groups excluding carboxylic acids is 1. The van der Waals surface area contributed by atoms with E-state index in [9.17, 15) is 19.5 Å². The van der Waals surface area contributed by atoms with Crippen LogP contribution in [0.5, 0.6) is 0 Å². The summed E-state index contributed by atoms with van der Waals surface area (Å²) in [6, 6.07) is 10.2. The standard InChI is InChI=1S/C19H20N2O5S/c22-16(19(25)26)20-17-15(18(23)24)13-8-10-21(11-14(13)27-17)9-4-7-12-5-2-1-3-6-12/h1-3,5-6H,4,7-11H2,(H,20,22)(H,23,24)(H,25,26). The van der Waals surface area contributed by atoms with E-state index in [0.717, 1.165) is 42.1 Å². The number of carboxylic acid groups (broad SMARTS) is 2. The minimum Gasteiger partial charge on any atom is -0.478 e. The minimum absolute atomic E-state index is 0.0218. The van der Waals surface area contributed by atoms with Gasteiger partial charge in [-0.15, -0.1) is 11.3 Å². The third-order valence-corrected chi connectivity index (χ3v) is 5.69. The number of fused-ring (bicyclic) bond motifs is 1. The van der Waals surface area contributed by atoms with Gasteiger partial charge < -0.3 is 15.5 Å². The van der Waals surface area contributed by atoms with E-state index in [2.05, 4.69) is 22.3 Å². The predicted octanol–water partition coefficient (Wildman–Crippen LogP) is 2.46. The number of nitrogens with one attached hydrogen (secondary N) is 1. The molecule has 142 valence electrons. The average Bonchev–Trinajstić information content (AvgIpc) is 2.99. The number of aromatic carboxylic acids is 1. The van der Waals surface area contributed by atoms with Gasteiger partial charge in [0.05, 0.1) is 5.56 Å². The molecule has 1 aromatic carbocycles. The lowest BCUT2D eigenvalue weighted by molar-refractivity contribution is -0.147. The summed E-state index contributed by atoms with van der Waals surface area (Å²) < 4.78 is 0. The molecule has 0 aliphatic carbocycles. The van der Waals surface area contributed by atoms with Crippen molar-refractivity contribution in [2.75, 3.05) is 18.4 Å². The van der Waals surface area contributed by atoms with E-state index in [1.807, 2.05) is 18.2 Å². The molecule has 3 N–H and O–H groups in total. The van der Waals surface area contributed by atoms with Gasteiger partial charge in [0.2, 0.25) is 0 Å². The molecule has 0 saturated heterocycles. The maximum absolute atomic E-state index is 11.6. The smallest absolute Gasteiger partial charge is 0.394 e. The molecule has 1 aromatic heterocycles. The van der Waals surface area contributed by atoms with Crippen LogP contribution in [0, 0.1) is 0 Å². The first-order chi connectivity index (χ1) is 13.0. The Morgan fingerprint density at radius 1 is 1.15 bits per heavy atom. The molecule has 0 unspecified atom stereocenters. The van der Waals surface area contributed by atoms with E-state index in [-0.39, 0.29) is 10.6 Å². The van der Waals surface area contributed by atoms with Crippen molar-refractivity contribution in [2.24, 2.45) is 0 Å². The second-order valence-electron chi connectivity index (χ2n) is 6.39. The molecule has 27 heavy (non-hydrogen) atoms. The van der Waals surface area contributed by atoms with Gasteiger partial charge in [0.1, 0.15) is 5.00 Å². The Hall–Kier alpha value is -2.71. The first kappa shape index (κ1) is 19.1. The first-order valence-corrected chi connectivity index (χ1v) is 9.45. The van der Waals surface area contributed by atoms with Gasteiger partial charge in [0, 0.05) is 18.0 Å². The Morgan fingerprint density at radius 2 is 1.89 bits per heavy atom. The van der Waals surface area contributed by atoms with Crippen molar-refractivity contribution >= 4 is 34.2 Å². The van der Waals surface area contributed by atoms with Gasteiger partial charge in [-0.25, -0.2) is 9.59 Å². The molecule has 8 heteroatoms. The maximum Gasteiger partial charge on any atom is 0.394 e. The normalized spacial score (nSPS) is 13.8. The van der Waals surface area contributed by atoms with E-state index >= 15 is 0 Å². The van der Waals surface area contributed by atoms with Crippen LogP contribution < -0.4 is 5.32 Å². The van der Waals surface area contributed by atoms with Gasteiger partial charge in [-0.3, -0.25) is 9.69 Å². The molecule has 7 nitrogen and oxygen atoms in total. The fourth-order valence-corrected chi connectivity index (χ4v) is 4.55. The van der Waals surface area contributed by atoms with Crippen LogP contribution in [0.3, 0.4) is 0 Å². The molecule has 1 amide bonds. The molecule has 1 aliphatic heterocycles. The van der Waals surface area contributed by atoms with Crippen molar-refractivity contribution in [1.29, 1.82) is 0 Å². The van der Waals surface area contributed by atoms with Crippen molar-refractivity contribution in [2.45, 2.75) is 25.8 Å². The summed E-state index contributed by atoms with van der Waals surface area (Å²) in [5.41, 5.74) is 2.01. The quantitative estimate of drug-likeness (QED) is 0.656. The Balaban J connectivity index is 1.67. The molecule has 0 fully saturated rings. The largest absolute Gasteiger partial charge is 0.478 e. The highest BCUT2D eigenvalue weighted by molar-refractivity contribution is 7.17. The summed E-state index contributed by atoms with van der Waals surface area (Å²) in [6.07, 6.45) is 2.55. The zero-order valence-electron chi connectivity index (χ0n) is 14.6. The van der Waals surface area contributed by atoms with Crippen LogP contribution in [-0.2, 0) is 29.0 Å². The number of hydrogen-bond donors (Lipinski definition) is 3. The number of aryl methyl sites for hydroxylation is 1. The van der Waals surface area contributed by atoms with Crippen molar-refractivity contribution in [3.05, 3.63) is 51.9 Å². The Labute approximate surface area is 160 Å². The monoisotopic (exact) mass is 388 g/mol. The van der Waals surface area contributed by atoms with Crippen LogP contribution in [0.1, 0.15) is 32.8 Å². The van der Waals surface area contributed by atoms with Gasteiger partial charge >= 0.3 is 17.8 Å². The molecule has 0 spiro atoms. The third kappa shape index (κ3) is 4.53. The summed E-state index contributed by atoms with van der Waals surface area (Å²) in [7, 11) is 0. The number of carboxylic acids is 2. The molecule has 0 bridgehead atoms. The van der Waals surface area contributed by atoms with Crippen LogP contribution >= 0.6 is 11.3 Å². The van der Waals surface area contributed by atoms with Gasteiger partial charge in [0.15, 0.2) is 0 Å². The highest BCUT2D eigenvalue weighted by atomic mass is 32.1. The molecule has 0 saturated carbocycles. The van der Waals surface area contributed by atoms with Crippen LogP contribution in [0.2, 0.25) is 0 Å². The maximum atomic E-state index is 11.6. The zero-order valence-corrected chi connectivity index (χ0v) is 15.4. The number of thiophene rings is 1. The van der Waals surface area contributed by atoms with Crippen molar-refractivity contribution in [3.8, 4) is 0 Å². The lowest BCUT2D eigenvalue weighted by atomic mass is 10.0. The average molecular weight is 388 g/mol. The predicted molar refractivity (Wildman–Crippen MR) is 101 cm³/mol. The fraction of sp³-hybridized carbons (Fsp3) is 0.316. The Bertz CT molecular complexity index is 862. The first-order valence-electron chi connectivity index (χ1n) is 8.64. The van der Waals surface area contributed by atoms with E-state index in [4.69, 9.17) is 5.11 Å². The molecule has 3 rings (SSSR count). The van der Waals surface area contributed by atoms with E-state index in [1.54, 1.807) is 0 Å². The van der Waals surface area contributed by atoms with Crippen LogP contribution in [0.15, 0.2) is 30.3 Å². The number of carbonyl (C=O) groups is 3. The van der Waals surface area contributed by atoms with Gasteiger partial charge in [-0.1, -0.05) is 30.3 Å². The van der Waals surface area contributed by atoms with E-state index < -0.39 is 17.8 Å². The summed E-state index contributed by atoms with van der Waals surface area (Å²) in [6.45, 7) is 2.24. The molecule has 1 aliphatic rings. The topological polar surface area (TPSA) is 107 Å². The molecular weight excluding hydrogens is 368 g/mol. The van der Waals surface area contributed by atoms with Gasteiger partial charge in [-0.05, 0) is 36.9 Å².